The van der Waals surface area contributed by atoms with Crippen LogP contribution in [0.5, 0.6) is 11.6 Å². The van der Waals surface area contributed by atoms with Gasteiger partial charge in [-0.1, -0.05) is 29.8 Å². The molecule has 0 saturated carbocycles. The molecule has 3 nitrogen and oxygen atoms in total. The minimum atomic E-state index is -4.44. The van der Waals surface area contributed by atoms with Gasteiger partial charge in [0.05, 0.1) is 5.56 Å². The fourth-order valence-corrected chi connectivity index (χ4v) is 2.33. The Labute approximate surface area is 147 Å². The van der Waals surface area contributed by atoms with Gasteiger partial charge in [-0.25, -0.2) is 4.98 Å². The summed E-state index contributed by atoms with van der Waals surface area (Å²) in [6.07, 6.45) is -2.89. The van der Waals surface area contributed by atoms with Gasteiger partial charge in [-0.2, -0.15) is 18.2 Å². The van der Waals surface area contributed by atoms with Gasteiger partial charge < -0.3 is 4.74 Å². The third-order valence-electron chi connectivity index (χ3n) is 3.38. The van der Waals surface area contributed by atoms with Crippen molar-refractivity contribution in [3.05, 3.63) is 70.9 Å². The normalized spacial score (nSPS) is 11.4. The van der Waals surface area contributed by atoms with Crippen molar-refractivity contribution in [3.63, 3.8) is 0 Å². The zero-order chi connectivity index (χ0) is 18.0. The molecule has 25 heavy (non-hydrogen) atoms. The number of benzene rings is 2. The molecule has 0 bridgehead atoms. The largest absolute Gasteiger partial charge is 0.439 e. The van der Waals surface area contributed by atoms with Crippen LogP contribution in [0.1, 0.15) is 11.1 Å². The summed E-state index contributed by atoms with van der Waals surface area (Å²) in [4.78, 5) is 8.52. The van der Waals surface area contributed by atoms with Gasteiger partial charge in [0.25, 0.3) is 0 Å². The molecule has 0 atom stereocenters. The molecule has 0 aliphatic heterocycles. The molecule has 2 aromatic carbocycles. The van der Waals surface area contributed by atoms with Crippen LogP contribution in [-0.2, 0) is 6.18 Å². The number of alkyl halides is 3. The monoisotopic (exact) mass is 364 g/mol. The molecule has 0 aliphatic rings. The standard InChI is InChI=1S/C18H12ClF3N2O/c1-11-10-23-16(12-4-2-6-14(19)8-12)24-17(11)25-15-7-3-5-13(9-15)18(20,21)22/h2-10H,1H3. The first kappa shape index (κ1) is 17.2. The van der Waals surface area contributed by atoms with Crippen molar-refractivity contribution in [2.45, 2.75) is 13.1 Å². The average molecular weight is 365 g/mol. The predicted molar refractivity (Wildman–Crippen MR) is 88.7 cm³/mol. The first-order chi connectivity index (χ1) is 11.8. The van der Waals surface area contributed by atoms with Gasteiger partial charge >= 0.3 is 6.18 Å². The summed E-state index contributed by atoms with van der Waals surface area (Å²) in [7, 11) is 0. The van der Waals surface area contributed by atoms with E-state index >= 15 is 0 Å². The lowest BCUT2D eigenvalue weighted by atomic mass is 10.2. The highest BCUT2D eigenvalue weighted by Gasteiger charge is 2.30. The molecule has 0 spiro atoms. The molecule has 0 saturated heterocycles. The maximum Gasteiger partial charge on any atom is 0.416 e. The van der Waals surface area contributed by atoms with Crippen LogP contribution in [0.25, 0.3) is 11.4 Å². The molecule has 0 N–H and O–H groups in total. The fraction of sp³-hybridized carbons (Fsp3) is 0.111. The zero-order valence-corrected chi connectivity index (χ0v) is 13.8. The Bertz CT molecular complexity index is 913. The fourth-order valence-electron chi connectivity index (χ4n) is 2.14. The quantitative estimate of drug-likeness (QED) is 0.579. The maximum atomic E-state index is 12.8. The number of aromatic nitrogens is 2. The summed E-state index contributed by atoms with van der Waals surface area (Å²) in [5, 5.41) is 0.530. The number of hydrogen-bond donors (Lipinski definition) is 0. The summed E-state index contributed by atoms with van der Waals surface area (Å²) >= 11 is 5.96. The summed E-state index contributed by atoms with van der Waals surface area (Å²) in [6, 6.07) is 11.6. The van der Waals surface area contributed by atoms with E-state index in [9.17, 15) is 13.2 Å². The number of ether oxygens (including phenoxy) is 1. The molecule has 128 valence electrons. The topological polar surface area (TPSA) is 35.0 Å². The highest BCUT2D eigenvalue weighted by molar-refractivity contribution is 6.30. The Hall–Kier alpha value is -2.60. The summed E-state index contributed by atoms with van der Waals surface area (Å²) in [5.74, 6) is 0.605. The Morgan fingerprint density at radius 1 is 1.04 bits per heavy atom. The molecule has 0 fully saturated rings. The lowest BCUT2D eigenvalue weighted by Crippen LogP contribution is -2.04. The van der Waals surface area contributed by atoms with Crippen LogP contribution in [0.15, 0.2) is 54.7 Å². The first-order valence-corrected chi connectivity index (χ1v) is 7.65. The van der Waals surface area contributed by atoms with Gasteiger partial charge in [0.2, 0.25) is 5.88 Å². The van der Waals surface area contributed by atoms with E-state index in [1.807, 2.05) is 0 Å². The smallest absolute Gasteiger partial charge is 0.416 e. The van der Waals surface area contributed by atoms with Gasteiger partial charge in [-0.05, 0) is 37.3 Å². The van der Waals surface area contributed by atoms with Gasteiger partial charge in [-0.3, -0.25) is 0 Å². The highest BCUT2D eigenvalue weighted by Crippen LogP contribution is 2.33. The van der Waals surface area contributed by atoms with Crippen LogP contribution in [-0.4, -0.2) is 9.97 Å². The third kappa shape index (κ3) is 4.09. The SMILES string of the molecule is Cc1cnc(-c2cccc(Cl)c2)nc1Oc1cccc(C(F)(F)F)c1. The van der Waals surface area contributed by atoms with Crippen LogP contribution >= 0.6 is 11.6 Å². The summed E-state index contributed by atoms with van der Waals surface area (Å²) in [6.45, 7) is 1.71. The average Bonchev–Trinajstić information content (AvgIpc) is 2.56. The minimum Gasteiger partial charge on any atom is -0.439 e. The van der Waals surface area contributed by atoms with E-state index in [1.54, 1.807) is 37.4 Å². The van der Waals surface area contributed by atoms with E-state index in [2.05, 4.69) is 9.97 Å². The van der Waals surface area contributed by atoms with Crippen molar-refractivity contribution in [2.75, 3.05) is 0 Å². The van der Waals surface area contributed by atoms with Crippen LogP contribution in [0, 0.1) is 6.92 Å². The maximum absolute atomic E-state index is 12.8. The molecule has 0 radical (unpaired) electrons. The predicted octanol–water partition coefficient (Wildman–Crippen LogP) is 5.92. The number of rotatable bonds is 3. The Kier molecular flexibility index (Phi) is 4.63. The molecular formula is C18H12ClF3N2O. The van der Waals surface area contributed by atoms with Crippen molar-refractivity contribution in [2.24, 2.45) is 0 Å². The second-order valence-corrected chi connectivity index (χ2v) is 5.76. The van der Waals surface area contributed by atoms with E-state index in [4.69, 9.17) is 16.3 Å². The second kappa shape index (κ2) is 6.72. The van der Waals surface area contributed by atoms with Crippen LogP contribution in [0.2, 0.25) is 5.02 Å². The lowest BCUT2D eigenvalue weighted by molar-refractivity contribution is -0.137. The van der Waals surface area contributed by atoms with Crippen molar-refractivity contribution in [3.8, 4) is 23.0 Å². The number of halogens is 4. The van der Waals surface area contributed by atoms with E-state index in [0.717, 1.165) is 12.1 Å². The van der Waals surface area contributed by atoms with Gasteiger partial charge in [0.15, 0.2) is 5.82 Å². The molecule has 1 aromatic heterocycles. The highest BCUT2D eigenvalue weighted by atomic mass is 35.5. The molecule has 7 heteroatoms. The van der Waals surface area contributed by atoms with Crippen molar-refractivity contribution in [1.29, 1.82) is 0 Å². The first-order valence-electron chi connectivity index (χ1n) is 7.27. The molecule has 0 aliphatic carbocycles. The van der Waals surface area contributed by atoms with Crippen LogP contribution in [0.4, 0.5) is 13.2 Å². The van der Waals surface area contributed by atoms with E-state index in [-0.39, 0.29) is 11.6 Å². The molecular weight excluding hydrogens is 353 g/mol. The number of hydrogen-bond acceptors (Lipinski definition) is 3. The number of aryl methyl sites for hydroxylation is 1. The third-order valence-corrected chi connectivity index (χ3v) is 3.62. The lowest BCUT2D eigenvalue weighted by Gasteiger charge is -2.11. The Morgan fingerprint density at radius 3 is 2.52 bits per heavy atom. The van der Waals surface area contributed by atoms with Crippen molar-refractivity contribution < 1.29 is 17.9 Å². The summed E-state index contributed by atoms with van der Waals surface area (Å²) < 4.78 is 44.0. The molecule has 3 rings (SSSR count). The van der Waals surface area contributed by atoms with Gasteiger partial charge in [0, 0.05) is 22.3 Å². The zero-order valence-electron chi connectivity index (χ0n) is 13.0. The molecule has 0 amide bonds. The van der Waals surface area contributed by atoms with E-state index < -0.39 is 11.7 Å². The van der Waals surface area contributed by atoms with E-state index in [0.29, 0.717) is 22.0 Å². The second-order valence-electron chi connectivity index (χ2n) is 5.32. The molecule has 1 heterocycles. The van der Waals surface area contributed by atoms with Crippen LogP contribution in [0.3, 0.4) is 0 Å². The summed E-state index contributed by atoms with van der Waals surface area (Å²) in [5.41, 5.74) is 0.497. The molecule has 0 unspecified atom stereocenters. The van der Waals surface area contributed by atoms with E-state index in [1.165, 1.54) is 12.1 Å². The Morgan fingerprint density at radius 2 is 1.80 bits per heavy atom. The van der Waals surface area contributed by atoms with Crippen LogP contribution < -0.4 is 4.74 Å². The Balaban J connectivity index is 1.94. The van der Waals surface area contributed by atoms with Gasteiger partial charge in [-0.15, -0.1) is 0 Å². The van der Waals surface area contributed by atoms with Crippen molar-refractivity contribution >= 4 is 11.6 Å². The molecule has 3 aromatic rings. The number of nitrogens with zero attached hydrogens (tertiary/aromatic N) is 2. The minimum absolute atomic E-state index is 0.0497. The van der Waals surface area contributed by atoms with Crippen molar-refractivity contribution in [1.82, 2.24) is 9.97 Å². The van der Waals surface area contributed by atoms with Gasteiger partial charge in [0.1, 0.15) is 5.75 Å².